The second kappa shape index (κ2) is 6.65. The average molecular weight is 338 g/mol. The van der Waals surface area contributed by atoms with Crippen LogP contribution in [0.4, 0.5) is 8.78 Å². The highest BCUT2D eigenvalue weighted by Crippen LogP contribution is 2.37. The number of ether oxygens (including phenoxy) is 1. The number of hydrogen-bond donors (Lipinski definition) is 0. The lowest BCUT2D eigenvalue weighted by molar-refractivity contribution is -0.137. The zero-order chi connectivity index (χ0) is 18.1. The van der Waals surface area contributed by atoms with Crippen LogP contribution in [0.5, 0.6) is 0 Å². The summed E-state index contributed by atoms with van der Waals surface area (Å²) >= 11 is 0. The van der Waals surface area contributed by atoms with E-state index in [1.807, 2.05) is 27.7 Å². The summed E-state index contributed by atoms with van der Waals surface area (Å²) in [5.74, 6) is -2.14. The number of carbonyl (C=O) groups is 1. The fraction of sp³-hybridized carbons (Fsp3) is 0.471. The molecule has 1 fully saturated rings. The normalized spacial score (nSPS) is 19.0. The zero-order valence-electron chi connectivity index (χ0n) is 14.5. The molecule has 0 amide bonds. The summed E-state index contributed by atoms with van der Waals surface area (Å²) in [6, 6.07) is 1.89. The molecular weight excluding hydrogens is 317 g/mol. The maximum absolute atomic E-state index is 14.4. The van der Waals surface area contributed by atoms with Crippen molar-refractivity contribution in [3.8, 4) is 0 Å². The molecule has 1 aliphatic rings. The van der Waals surface area contributed by atoms with Gasteiger partial charge in [0.25, 0.3) is 0 Å². The van der Waals surface area contributed by atoms with E-state index in [4.69, 9.17) is 14.0 Å². The number of carbonyl (C=O) groups excluding carboxylic acids is 1. The van der Waals surface area contributed by atoms with Crippen molar-refractivity contribution in [2.75, 3.05) is 6.61 Å². The fourth-order valence-corrected chi connectivity index (χ4v) is 2.30. The first-order valence-corrected chi connectivity index (χ1v) is 7.77. The highest BCUT2D eigenvalue weighted by molar-refractivity contribution is 6.63. The van der Waals surface area contributed by atoms with Crippen LogP contribution in [0.2, 0.25) is 0 Å². The second-order valence-corrected chi connectivity index (χ2v) is 6.56. The van der Waals surface area contributed by atoms with Crippen molar-refractivity contribution in [2.24, 2.45) is 0 Å². The van der Waals surface area contributed by atoms with Gasteiger partial charge in [-0.2, -0.15) is 0 Å². The van der Waals surface area contributed by atoms with Crippen LogP contribution in [0.1, 0.15) is 40.2 Å². The van der Waals surface area contributed by atoms with E-state index < -0.39 is 35.9 Å². The number of rotatable bonds is 4. The van der Waals surface area contributed by atoms with Crippen molar-refractivity contribution in [1.29, 1.82) is 0 Å². The molecule has 7 heteroatoms. The molecule has 0 bridgehead atoms. The quantitative estimate of drug-likeness (QED) is 0.481. The maximum Gasteiger partial charge on any atom is 0.498 e. The highest BCUT2D eigenvalue weighted by atomic mass is 19.1. The highest BCUT2D eigenvalue weighted by Gasteiger charge is 2.53. The van der Waals surface area contributed by atoms with Gasteiger partial charge < -0.3 is 14.0 Å². The Bertz CT molecular complexity index is 655. The van der Waals surface area contributed by atoms with Crippen LogP contribution in [0, 0.1) is 11.6 Å². The second-order valence-electron chi connectivity index (χ2n) is 6.56. The van der Waals surface area contributed by atoms with Gasteiger partial charge in [0.05, 0.1) is 17.8 Å². The van der Waals surface area contributed by atoms with Crippen molar-refractivity contribution in [3.63, 3.8) is 0 Å². The third-order valence-electron chi connectivity index (χ3n) is 4.30. The molecule has 1 saturated heterocycles. The maximum atomic E-state index is 14.4. The van der Waals surface area contributed by atoms with E-state index in [0.29, 0.717) is 0 Å². The van der Waals surface area contributed by atoms with Crippen LogP contribution in [0.25, 0.3) is 6.08 Å². The molecule has 1 heterocycles. The molecule has 4 nitrogen and oxygen atoms in total. The first kappa shape index (κ1) is 18.6. The summed E-state index contributed by atoms with van der Waals surface area (Å²) in [6.45, 7) is 9.23. The van der Waals surface area contributed by atoms with E-state index in [0.717, 1.165) is 18.2 Å². The van der Waals surface area contributed by atoms with Gasteiger partial charge in [0.2, 0.25) is 0 Å². The lowest BCUT2D eigenvalue weighted by Gasteiger charge is -2.32. The van der Waals surface area contributed by atoms with Crippen molar-refractivity contribution in [1.82, 2.24) is 0 Å². The van der Waals surface area contributed by atoms with Gasteiger partial charge in [-0.1, -0.05) is 0 Å². The Morgan fingerprint density at radius 1 is 1.21 bits per heavy atom. The van der Waals surface area contributed by atoms with E-state index in [2.05, 4.69) is 0 Å². The number of hydrogen-bond acceptors (Lipinski definition) is 4. The van der Waals surface area contributed by atoms with Gasteiger partial charge in [-0.3, -0.25) is 0 Å². The summed E-state index contributed by atoms with van der Waals surface area (Å²) in [5, 5.41) is 0. The first-order valence-electron chi connectivity index (χ1n) is 7.77. The third kappa shape index (κ3) is 3.67. The van der Waals surface area contributed by atoms with Crippen molar-refractivity contribution in [2.45, 2.75) is 45.8 Å². The summed E-state index contributed by atoms with van der Waals surface area (Å²) in [7, 11) is -1.00. The standard InChI is InChI=1S/C17H21BF2O4/c1-6-22-14(21)8-7-11-9-12(19)10-13(20)15(11)18-23-16(2,3)17(4,5)24-18/h7-10H,6H2,1-5H3. The molecule has 130 valence electrons. The minimum atomic E-state index is -1.00. The lowest BCUT2D eigenvalue weighted by atomic mass is 9.75. The Labute approximate surface area is 140 Å². The Balaban J connectivity index is 2.42. The van der Waals surface area contributed by atoms with Crippen LogP contribution < -0.4 is 5.46 Å². The predicted molar refractivity (Wildman–Crippen MR) is 87.7 cm³/mol. The van der Waals surface area contributed by atoms with Gasteiger partial charge in [0, 0.05) is 17.6 Å². The van der Waals surface area contributed by atoms with E-state index in [1.54, 1.807) is 6.92 Å². The van der Waals surface area contributed by atoms with Crippen molar-refractivity contribution >= 4 is 24.6 Å². The van der Waals surface area contributed by atoms with Gasteiger partial charge in [-0.15, -0.1) is 0 Å². The molecule has 0 saturated carbocycles. The van der Waals surface area contributed by atoms with Crippen LogP contribution in [0.3, 0.4) is 0 Å². The molecule has 0 radical (unpaired) electrons. The molecule has 0 aromatic heterocycles. The first-order chi connectivity index (χ1) is 11.1. The molecule has 2 rings (SSSR count). The van der Waals surface area contributed by atoms with Gasteiger partial charge in [-0.25, -0.2) is 13.6 Å². The molecule has 0 N–H and O–H groups in total. The fourth-order valence-electron chi connectivity index (χ4n) is 2.30. The van der Waals surface area contributed by atoms with Crippen LogP contribution >= 0.6 is 0 Å². The average Bonchev–Trinajstić information content (AvgIpc) is 2.64. The van der Waals surface area contributed by atoms with E-state index in [1.165, 1.54) is 6.08 Å². The molecule has 1 aliphatic heterocycles. The smallest absolute Gasteiger partial charge is 0.463 e. The monoisotopic (exact) mass is 338 g/mol. The summed E-state index contributed by atoms with van der Waals surface area (Å²) in [6.07, 6.45) is 2.41. The largest absolute Gasteiger partial charge is 0.498 e. The van der Waals surface area contributed by atoms with E-state index >= 15 is 0 Å². The Hall–Kier alpha value is -1.73. The molecule has 1 aromatic carbocycles. The SMILES string of the molecule is CCOC(=O)C=Cc1cc(F)cc(F)c1B1OC(C)(C)C(C)(C)O1. The third-order valence-corrected chi connectivity index (χ3v) is 4.30. The number of benzene rings is 1. The predicted octanol–water partition coefficient (Wildman–Crippen LogP) is 2.84. The van der Waals surface area contributed by atoms with Gasteiger partial charge in [0.15, 0.2) is 0 Å². The molecule has 0 aliphatic carbocycles. The topological polar surface area (TPSA) is 44.8 Å². The Morgan fingerprint density at radius 3 is 2.33 bits per heavy atom. The van der Waals surface area contributed by atoms with Crippen LogP contribution in [-0.2, 0) is 18.8 Å². The lowest BCUT2D eigenvalue weighted by Crippen LogP contribution is -2.41. The molecule has 0 unspecified atom stereocenters. The molecule has 0 spiro atoms. The molecule has 1 aromatic rings. The van der Waals surface area contributed by atoms with E-state index in [-0.39, 0.29) is 17.6 Å². The molecule has 24 heavy (non-hydrogen) atoms. The van der Waals surface area contributed by atoms with Crippen LogP contribution in [-0.4, -0.2) is 30.9 Å². The zero-order valence-corrected chi connectivity index (χ0v) is 14.5. The van der Waals surface area contributed by atoms with E-state index in [9.17, 15) is 13.6 Å². The Kier molecular flexibility index (Phi) is 5.15. The van der Waals surface area contributed by atoms with Crippen molar-refractivity contribution < 1.29 is 27.6 Å². The minimum absolute atomic E-state index is 0.0515. The minimum Gasteiger partial charge on any atom is -0.463 e. The van der Waals surface area contributed by atoms with Gasteiger partial charge >= 0.3 is 13.1 Å². The van der Waals surface area contributed by atoms with Gasteiger partial charge in [0.1, 0.15) is 11.6 Å². The molecule has 0 atom stereocenters. The number of halogens is 2. The van der Waals surface area contributed by atoms with Crippen molar-refractivity contribution in [3.05, 3.63) is 35.4 Å². The summed E-state index contributed by atoms with van der Waals surface area (Å²) < 4.78 is 44.4. The number of esters is 1. The summed E-state index contributed by atoms with van der Waals surface area (Å²) in [4.78, 5) is 11.5. The summed E-state index contributed by atoms with van der Waals surface area (Å²) in [5.41, 5.74) is -1.11. The van der Waals surface area contributed by atoms with Gasteiger partial charge in [-0.05, 0) is 52.3 Å². The Morgan fingerprint density at radius 2 is 1.79 bits per heavy atom. The van der Waals surface area contributed by atoms with Crippen LogP contribution in [0.15, 0.2) is 18.2 Å². The molecular formula is C17H21BF2O4.